The maximum absolute atomic E-state index is 12.0. The molecule has 1 unspecified atom stereocenters. The van der Waals surface area contributed by atoms with Crippen molar-refractivity contribution in [2.75, 3.05) is 19.6 Å². The average molecular weight is 338 g/mol. The highest BCUT2D eigenvalue weighted by Gasteiger charge is 2.30. The number of carbonyl (C=O) groups is 1. The monoisotopic (exact) mass is 338 g/mol. The fourth-order valence-corrected chi connectivity index (χ4v) is 3.54. The molecule has 1 amide bonds. The predicted octanol–water partition coefficient (Wildman–Crippen LogP) is 0.229. The lowest BCUT2D eigenvalue weighted by molar-refractivity contribution is -0.121. The van der Waals surface area contributed by atoms with Gasteiger partial charge in [-0.1, -0.05) is 19.1 Å². The van der Waals surface area contributed by atoms with Crippen LogP contribution in [0, 0.1) is 0 Å². The van der Waals surface area contributed by atoms with Crippen LogP contribution >= 0.6 is 0 Å². The van der Waals surface area contributed by atoms with Crippen LogP contribution in [0.1, 0.15) is 25.8 Å². The van der Waals surface area contributed by atoms with E-state index >= 15 is 0 Å². The van der Waals surface area contributed by atoms with Gasteiger partial charge in [-0.25, -0.2) is 8.42 Å². The fourth-order valence-electron chi connectivity index (χ4n) is 2.30. The van der Waals surface area contributed by atoms with Crippen LogP contribution in [-0.2, 0) is 14.8 Å². The number of benzene rings is 1. The third-order valence-corrected chi connectivity index (χ3v) is 4.76. The molecule has 126 valence electrons. The lowest BCUT2D eigenvalue weighted by Crippen LogP contribution is -2.33. The molecule has 3 N–H and O–H groups in total. The molecule has 1 atom stereocenters. The molecule has 0 radical (unpaired) electrons. The van der Waals surface area contributed by atoms with Gasteiger partial charge in [0, 0.05) is 25.1 Å². The first-order chi connectivity index (χ1) is 10.9. The number of amides is 1. The maximum Gasteiger partial charge on any atom is 0.263 e. The van der Waals surface area contributed by atoms with Crippen molar-refractivity contribution in [1.82, 2.24) is 15.4 Å². The van der Waals surface area contributed by atoms with Gasteiger partial charge < -0.3 is 10.6 Å². The van der Waals surface area contributed by atoms with Crippen LogP contribution in [-0.4, -0.2) is 45.8 Å². The molecule has 0 fully saturated rings. The van der Waals surface area contributed by atoms with Crippen molar-refractivity contribution in [3.8, 4) is 0 Å². The van der Waals surface area contributed by atoms with Crippen LogP contribution in [0.25, 0.3) is 0 Å². The van der Waals surface area contributed by atoms with Gasteiger partial charge in [0.1, 0.15) is 5.84 Å². The lowest BCUT2D eigenvalue weighted by atomic mass is 10.2. The molecular formula is C15H22N4O3S. The van der Waals surface area contributed by atoms with Gasteiger partial charge in [-0.15, -0.1) is 0 Å². The zero-order chi connectivity index (χ0) is 16.9. The Morgan fingerprint density at radius 3 is 2.78 bits per heavy atom. The fraction of sp³-hybridized carbons (Fsp3) is 0.467. The Balaban J connectivity index is 1.98. The molecule has 7 nitrogen and oxygen atoms in total. The van der Waals surface area contributed by atoms with E-state index in [0.29, 0.717) is 17.9 Å². The highest BCUT2D eigenvalue weighted by atomic mass is 32.2. The summed E-state index contributed by atoms with van der Waals surface area (Å²) in [7, 11) is -3.54. The lowest BCUT2D eigenvalue weighted by Gasteiger charge is -2.09. The molecule has 1 aromatic carbocycles. The van der Waals surface area contributed by atoms with Gasteiger partial charge in [0.25, 0.3) is 10.0 Å². The maximum atomic E-state index is 12.0. The summed E-state index contributed by atoms with van der Waals surface area (Å²) in [5.41, 5.74) is 0.548. The molecule has 0 saturated carbocycles. The quantitative estimate of drug-likeness (QED) is 0.620. The van der Waals surface area contributed by atoms with Crippen molar-refractivity contribution in [2.24, 2.45) is 4.99 Å². The molecule has 0 spiro atoms. The van der Waals surface area contributed by atoms with Gasteiger partial charge in [0.05, 0.1) is 10.9 Å². The van der Waals surface area contributed by atoms with E-state index < -0.39 is 10.0 Å². The SMILES string of the molecule is CCNCCNC(=O)CC(C)N=C1NS(=O)(=O)c2ccccc21. The van der Waals surface area contributed by atoms with Gasteiger partial charge in [0.15, 0.2) is 0 Å². The summed E-state index contributed by atoms with van der Waals surface area (Å²) < 4.78 is 26.4. The summed E-state index contributed by atoms with van der Waals surface area (Å²) in [4.78, 5) is 16.4. The first-order valence-electron chi connectivity index (χ1n) is 7.61. The second-order valence-corrected chi connectivity index (χ2v) is 6.99. The van der Waals surface area contributed by atoms with Crippen LogP contribution < -0.4 is 15.4 Å². The molecule has 1 aliphatic heterocycles. The number of fused-ring (bicyclic) bond motifs is 1. The van der Waals surface area contributed by atoms with E-state index in [2.05, 4.69) is 20.3 Å². The summed E-state index contributed by atoms with van der Waals surface area (Å²) >= 11 is 0. The van der Waals surface area contributed by atoms with Gasteiger partial charge in [-0.2, -0.15) is 0 Å². The number of aliphatic imine (C=N–C) groups is 1. The zero-order valence-corrected chi connectivity index (χ0v) is 14.1. The number of rotatable bonds is 7. The molecule has 0 aliphatic carbocycles. The smallest absolute Gasteiger partial charge is 0.263 e. The normalized spacial score (nSPS) is 18.3. The van der Waals surface area contributed by atoms with E-state index in [1.165, 1.54) is 6.07 Å². The second-order valence-electron chi connectivity index (χ2n) is 5.34. The summed E-state index contributed by atoms with van der Waals surface area (Å²) in [6.45, 7) is 5.93. The molecule has 0 aromatic heterocycles. The molecule has 23 heavy (non-hydrogen) atoms. The molecular weight excluding hydrogens is 316 g/mol. The Bertz CT molecular complexity index is 700. The zero-order valence-electron chi connectivity index (χ0n) is 13.3. The Kier molecular flexibility index (Phi) is 5.73. The molecule has 1 heterocycles. The van der Waals surface area contributed by atoms with E-state index in [1.807, 2.05) is 6.92 Å². The van der Waals surface area contributed by atoms with E-state index in [0.717, 1.165) is 13.1 Å². The minimum absolute atomic E-state index is 0.103. The largest absolute Gasteiger partial charge is 0.355 e. The number of nitrogens with one attached hydrogen (secondary N) is 3. The Morgan fingerprint density at radius 2 is 2.04 bits per heavy atom. The van der Waals surface area contributed by atoms with Crippen LogP contribution in [0.4, 0.5) is 0 Å². The summed E-state index contributed by atoms with van der Waals surface area (Å²) in [6, 6.07) is 6.35. The van der Waals surface area contributed by atoms with Crippen LogP contribution in [0.2, 0.25) is 0 Å². The van der Waals surface area contributed by atoms with Gasteiger partial charge >= 0.3 is 0 Å². The minimum Gasteiger partial charge on any atom is -0.355 e. The van der Waals surface area contributed by atoms with E-state index in [-0.39, 0.29) is 23.3 Å². The van der Waals surface area contributed by atoms with Crippen LogP contribution in [0.5, 0.6) is 0 Å². The number of likely N-dealkylation sites (N-methyl/N-ethyl adjacent to an activating group) is 1. The highest BCUT2D eigenvalue weighted by Crippen LogP contribution is 2.22. The highest BCUT2D eigenvalue weighted by molar-refractivity contribution is 7.90. The van der Waals surface area contributed by atoms with Crippen molar-refractivity contribution in [2.45, 2.75) is 31.2 Å². The Hall–Kier alpha value is -1.93. The van der Waals surface area contributed by atoms with Crippen molar-refractivity contribution in [3.05, 3.63) is 29.8 Å². The molecule has 0 saturated heterocycles. The third-order valence-electron chi connectivity index (χ3n) is 3.37. The van der Waals surface area contributed by atoms with Crippen LogP contribution in [0.3, 0.4) is 0 Å². The molecule has 0 bridgehead atoms. The number of hydrogen-bond acceptors (Lipinski definition) is 5. The van der Waals surface area contributed by atoms with Crippen molar-refractivity contribution in [1.29, 1.82) is 0 Å². The topological polar surface area (TPSA) is 99.7 Å². The van der Waals surface area contributed by atoms with Crippen LogP contribution in [0.15, 0.2) is 34.2 Å². The van der Waals surface area contributed by atoms with E-state index in [9.17, 15) is 13.2 Å². The molecule has 8 heteroatoms. The molecule has 1 aliphatic rings. The van der Waals surface area contributed by atoms with Crippen molar-refractivity contribution >= 4 is 21.8 Å². The van der Waals surface area contributed by atoms with Crippen molar-refractivity contribution in [3.63, 3.8) is 0 Å². The third kappa shape index (κ3) is 4.52. The van der Waals surface area contributed by atoms with E-state index in [4.69, 9.17) is 0 Å². The van der Waals surface area contributed by atoms with Gasteiger partial charge in [-0.3, -0.25) is 14.5 Å². The number of sulfonamides is 1. The summed E-state index contributed by atoms with van der Waals surface area (Å²) in [5.74, 6) is 0.197. The summed E-state index contributed by atoms with van der Waals surface area (Å²) in [6.07, 6.45) is 0.208. The first-order valence-corrected chi connectivity index (χ1v) is 9.09. The van der Waals surface area contributed by atoms with Crippen molar-refractivity contribution < 1.29 is 13.2 Å². The minimum atomic E-state index is -3.54. The molecule has 2 rings (SSSR count). The Morgan fingerprint density at radius 1 is 1.30 bits per heavy atom. The number of nitrogens with zero attached hydrogens (tertiary/aromatic N) is 1. The standard InChI is InChI=1S/C15H22N4O3S/c1-3-16-8-9-17-14(20)10-11(2)18-15-12-6-4-5-7-13(12)23(21,22)19-15/h4-7,11,16H,3,8-10H2,1-2H3,(H,17,20)(H,18,19). The number of carbonyl (C=O) groups excluding carboxylic acids is 1. The van der Waals surface area contributed by atoms with Gasteiger partial charge in [-0.05, 0) is 25.6 Å². The number of amidine groups is 1. The average Bonchev–Trinajstić information content (AvgIpc) is 2.75. The van der Waals surface area contributed by atoms with Gasteiger partial charge in [0.2, 0.25) is 5.91 Å². The second kappa shape index (κ2) is 7.56. The Labute approximate surface area is 136 Å². The predicted molar refractivity (Wildman–Crippen MR) is 88.9 cm³/mol. The summed E-state index contributed by atoms with van der Waals surface area (Å²) in [5, 5.41) is 5.92. The number of hydrogen-bond donors (Lipinski definition) is 3. The first kappa shape index (κ1) is 17.4. The van der Waals surface area contributed by atoms with E-state index in [1.54, 1.807) is 25.1 Å². The molecule has 1 aromatic rings.